The number of ether oxygens (including phenoxy) is 1. The number of carbonyl (C=O) groups is 2. The van der Waals surface area contributed by atoms with E-state index in [0.29, 0.717) is 28.8 Å². The first-order chi connectivity index (χ1) is 15.3. The van der Waals surface area contributed by atoms with Crippen LogP contribution >= 0.6 is 23.2 Å². The van der Waals surface area contributed by atoms with Gasteiger partial charge >= 0.3 is 0 Å². The van der Waals surface area contributed by atoms with E-state index >= 15 is 0 Å². The SMILES string of the molecule is CCC(=O)Nc1ccc2c(c1)c1c(C(=O)Nc3c(Cl)cncc3Cl)ccc(OC)c1n2C. The minimum atomic E-state index is -0.386. The van der Waals surface area contributed by atoms with Crippen LogP contribution in [-0.4, -0.2) is 28.5 Å². The highest BCUT2D eigenvalue weighted by atomic mass is 35.5. The molecule has 0 aliphatic rings. The van der Waals surface area contributed by atoms with Crippen LogP contribution in [0.25, 0.3) is 21.8 Å². The van der Waals surface area contributed by atoms with Gasteiger partial charge in [-0.15, -0.1) is 0 Å². The summed E-state index contributed by atoms with van der Waals surface area (Å²) < 4.78 is 7.52. The van der Waals surface area contributed by atoms with Crippen molar-refractivity contribution in [2.75, 3.05) is 17.7 Å². The number of pyridine rings is 1. The molecule has 9 heteroatoms. The van der Waals surface area contributed by atoms with Crippen molar-refractivity contribution in [3.63, 3.8) is 0 Å². The Hall–Kier alpha value is -3.29. The van der Waals surface area contributed by atoms with Gasteiger partial charge in [-0.3, -0.25) is 14.6 Å². The summed E-state index contributed by atoms with van der Waals surface area (Å²) in [4.78, 5) is 29.1. The second-order valence-corrected chi connectivity index (χ2v) is 7.98. The number of benzene rings is 2. The Balaban J connectivity index is 1.93. The Morgan fingerprint density at radius 1 is 1.09 bits per heavy atom. The number of fused-ring (bicyclic) bond motifs is 3. The molecule has 0 saturated carbocycles. The average Bonchev–Trinajstić information content (AvgIpc) is 3.08. The molecule has 0 aliphatic carbocycles. The summed E-state index contributed by atoms with van der Waals surface area (Å²) in [6.45, 7) is 1.79. The van der Waals surface area contributed by atoms with E-state index in [4.69, 9.17) is 27.9 Å². The van der Waals surface area contributed by atoms with E-state index in [-0.39, 0.29) is 27.5 Å². The predicted molar refractivity (Wildman–Crippen MR) is 128 cm³/mol. The molecular weight excluding hydrogens is 451 g/mol. The molecule has 0 bridgehead atoms. The smallest absolute Gasteiger partial charge is 0.256 e. The first-order valence-electron chi connectivity index (χ1n) is 9.85. The number of carbonyl (C=O) groups excluding carboxylic acids is 2. The summed E-state index contributed by atoms with van der Waals surface area (Å²) in [5.74, 6) is 0.139. The molecule has 0 fully saturated rings. The van der Waals surface area contributed by atoms with Crippen molar-refractivity contribution in [1.82, 2.24) is 9.55 Å². The first kappa shape index (κ1) is 21.9. The third-order valence-electron chi connectivity index (χ3n) is 5.26. The van der Waals surface area contributed by atoms with Gasteiger partial charge < -0.3 is 19.9 Å². The van der Waals surface area contributed by atoms with E-state index in [0.717, 1.165) is 16.4 Å². The average molecular weight is 471 g/mol. The zero-order valence-corrected chi connectivity index (χ0v) is 19.1. The van der Waals surface area contributed by atoms with E-state index in [1.54, 1.807) is 26.2 Å². The summed E-state index contributed by atoms with van der Waals surface area (Å²) in [5.41, 5.74) is 2.98. The molecule has 0 atom stereocenters. The van der Waals surface area contributed by atoms with Crippen LogP contribution in [-0.2, 0) is 11.8 Å². The van der Waals surface area contributed by atoms with Crippen molar-refractivity contribution < 1.29 is 14.3 Å². The molecule has 0 aliphatic heterocycles. The van der Waals surface area contributed by atoms with Gasteiger partial charge in [-0.2, -0.15) is 0 Å². The number of hydrogen-bond donors (Lipinski definition) is 2. The fourth-order valence-corrected chi connectivity index (χ4v) is 4.18. The molecule has 4 rings (SSSR count). The molecule has 2 aromatic heterocycles. The van der Waals surface area contributed by atoms with Gasteiger partial charge in [0.1, 0.15) is 5.75 Å². The summed E-state index contributed by atoms with van der Waals surface area (Å²) in [7, 11) is 3.48. The normalized spacial score (nSPS) is 11.0. The lowest BCUT2D eigenvalue weighted by molar-refractivity contribution is -0.115. The Bertz CT molecular complexity index is 1360. The molecule has 164 valence electrons. The maximum Gasteiger partial charge on any atom is 0.256 e. The van der Waals surface area contributed by atoms with Crippen LogP contribution in [0.5, 0.6) is 5.75 Å². The van der Waals surface area contributed by atoms with Gasteiger partial charge in [-0.05, 0) is 30.3 Å². The van der Waals surface area contributed by atoms with Crippen LogP contribution in [0.1, 0.15) is 23.7 Å². The highest BCUT2D eigenvalue weighted by molar-refractivity contribution is 6.40. The van der Waals surface area contributed by atoms with Gasteiger partial charge in [-0.1, -0.05) is 30.1 Å². The summed E-state index contributed by atoms with van der Waals surface area (Å²) >= 11 is 12.4. The Kier molecular flexibility index (Phi) is 5.95. The van der Waals surface area contributed by atoms with E-state index < -0.39 is 0 Å². The maximum absolute atomic E-state index is 13.3. The number of hydrogen-bond acceptors (Lipinski definition) is 4. The molecule has 2 N–H and O–H groups in total. The van der Waals surface area contributed by atoms with E-state index in [1.807, 2.05) is 29.8 Å². The number of amides is 2. The fraction of sp³-hybridized carbons (Fsp3) is 0.174. The van der Waals surface area contributed by atoms with Crippen molar-refractivity contribution in [3.05, 3.63) is 58.3 Å². The second kappa shape index (κ2) is 8.68. The molecule has 32 heavy (non-hydrogen) atoms. The minimum absolute atomic E-state index is 0.0953. The van der Waals surface area contributed by atoms with Gasteiger partial charge in [0.25, 0.3) is 5.91 Å². The monoisotopic (exact) mass is 470 g/mol. The van der Waals surface area contributed by atoms with Crippen LogP contribution in [0.15, 0.2) is 42.7 Å². The summed E-state index contributed by atoms with van der Waals surface area (Å²) in [5, 5.41) is 7.61. The largest absolute Gasteiger partial charge is 0.495 e. The van der Waals surface area contributed by atoms with Crippen molar-refractivity contribution in [1.29, 1.82) is 0 Å². The van der Waals surface area contributed by atoms with Gasteiger partial charge in [-0.25, -0.2) is 0 Å². The summed E-state index contributed by atoms with van der Waals surface area (Å²) in [6.07, 6.45) is 3.18. The van der Waals surface area contributed by atoms with Crippen LogP contribution in [0, 0.1) is 0 Å². The van der Waals surface area contributed by atoms with E-state index in [9.17, 15) is 9.59 Å². The Morgan fingerprint density at radius 2 is 1.81 bits per heavy atom. The van der Waals surface area contributed by atoms with Crippen LogP contribution in [0.4, 0.5) is 11.4 Å². The molecule has 0 unspecified atom stereocenters. The molecule has 0 spiro atoms. The number of nitrogens with one attached hydrogen (secondary N) is 2. The van der Waals surface area contributed by atoms with Crippen LogP contribution in [0.2, 0.25) is 10.0 Å². The molecule has 7 nitrogen and oxygen atoms in total. The number of nitrogens with zero attached hydrogens (tertiary/aromatic N) is 2. The Labute approximate surface area is 194 Å². The highest BCUT2D eigenvalue weighted by Gasteiger charge is 2.21. The van der Waals surface area contributed by atoms with Crippen molar-refractivity contribution in [3.8, 4) is 5.75 Å². The molecule has 0 radical (unpaired) electrons. The lowest BCUT2D eigenvalue weighted by Gasteiger charge is -2.11. The van der Waals surface area contributed by atoms with E-state index in [2.05, 4.69) is 15.6 Å². The number of aromatic nitrogens is 2. The topological polar surface area (TPSA) is 85.2 Å². The summed E-state index contributed by atoms with van der Waals surface area (Å²) in [6, 6.07) is 9.02. The minimum Gasteiger partial charge on any atom is -0.495 e. The quantitative estimate of drug-likeness (QED) is 0.394. The predicted octanol–water partition coefficient (Wildman–Crippen LogP) is 5.64. The zero-order valence-electron chi connectivity index (χ0n) is 17.6. The molecule has 2 heterocycles. The third kappa shape index (κ3) is 3.74. The van der Waals surface area contributed by atoms with Gasteiger partial charge in [0.05, 0.1) is 28.4 Å². The number of halogens is 2. The van der Waals surface area contributed by atoms with Crippen molar-refractivity contribution in [2.45, 2.75) is 13.3 Å². The van der Waals surface area contributed by atoms with E-state index in [1.165, 1.54) is 12.4 Å². The number of methoxy groups -OCH3 is 1. The maximum atomic E-state index is 13.3. The van der Waals surface area contributed by atoms with Gasteiger partial charge in [0.2, 0.25) is 5.91 Å². The second-order valence-electron chi connectivity index (χ2n) is 7.16. The highest BCUT2D eigenvalue weighted by Crippen LogP contribution is 2.38. The van der Waals surface area contributed by atoms with Crippen LogP contribution in [0.3, 0.4) is 0 Å². The number of anilines is 2. The fourth-order valence-electron chi connectivity index (χ4n) is 3.72. The molecule has 2 amide bonds. The van der Waals surface area contributed by atoms with Crippen LogP contribution < -0.4 is 15.4 Å². The number of aryl methyl sites for hydroxylation is 1. The van der Waals surface area contributed by atoms with Crippen molar-refractivity contribution in [2.24, 2.45) is 7.05 Å². The Morgan fingerprint density at radius 3 is 2.47 bits per heavy atom. The zero-order chi connectivity index (χ0) is 23.0. The van der Waals surface area contributed by atoms with Crippen molar-refractivity contribution >= 4 is 68.2 Å². The third-order valence-corrected chi connectivity index (χ3v) is 5.84. The lowest BCUT2D eigenvalue weighted by atomic mass is 10.0. The molecular formula is C23H20Cl2N4O3. The lowest BCUT2D eigenvalue weighted by Crippen LogP contribution is -2.13. The van der Waals surface area contributed by atoms with Gasteiger partial charge in [0.15, 0.2) is 0 Å². The standard InChI is InChI=1S/C23H20Cl2N4O3/c1-4-19(30)27-12-5-7-17-14(9-12)20-13(6-8-18(32-3)22(20)29(17)2)23(31)28-21-15(24)10-26-11-16(21)25/h5-11H,4H2,1-3H3,(H,27,30)(H,26,28,31). The number of rotatable bonds is 5. The molecule has 4 aromatic rings. The first-order valence-corrected chi connectivity index (χ1v) is 10.6. The molecule has 0 saturated heterocycles. The molecule has 2 aromatic carbocycles. The van der Waals surface area contributed by atoms with Gasteiger partial charge in [0, 0.05) is 53.4 Å².